The summed E-state index contributed by atoms with van der Waals surface area (Å²) < 4.78 is 5.35. The van der Waals surface area contributed by atoms with Crippen LogP contribution in [0.4, 0.5) is 0 Å². The van der Waals surface area contributed by atoms with Crippen LogP contribution in [0.15, 0.2) is 30.6 Å². The molecule has 1 amide bonds. The molecule has 1 aromatic heterocycles. The second-order valence-corrected chi connectivity index (χ2v) is 6.85. The van der Waals surface area contributed by atoms with Crippen LogP contribution in [0.2, 0.25) is 5.02 Å². The van der Waals surface area contributed by atoms with Crippen molar-refractivity contribution in [2.75, 3.05) is 7.11 Å². The first kappa shape index (κ1) is 15.4. The van der Waals surface area contributed by atoms with Crippen LogP contribution in [0.3, 0.4) is 0 Å². The van der Waals surface area contributed by atoms with Crippen LogP contribution in [0.25, 0.3) is 0 Å². The van der Waals surface area contributed by atoms with Crippen LogP contribution in [0.5, 0.6) is 5.75 Å². The smallest absolute Gasteiger partial charge is 0.258 e. The lowest BCUT2D eigenvalue weighted by Gasteiger charge is -2.38. The number of methoxy groups -OCH3 is 1. The molecular weight excluding hydrogens is 328 g/mol. The Morgan fingerprint density at radius 2 is 1.83 bits per heavy atom. The van der Waals surface area contributed by atoms with Crippen LogP contribution in [-0.2, 0) is 0 Å². The van der Waals surface area contributed by atoms with Gasteiger partial charge in [0.15, 0.2) is 0 Å². The molecule has 0 unspecified atom stereocenters. The first-order chi connectivity index (χ1) is 11.7. The van der Waals surface area contributed by atoms with E-state index < -0.39 is 0 Å². The summed E-state index contributed by atoms with van der Waals surface area (Å²) in [5.41, 5.74) is 0.539. The average Bonchev–Trinajstić information content (AvgIpc) is 3.21. The Morgan fingerprint density at radius 3 is 2.46 bits per heavy atom. The molecule has 2 fully saturated rings. The van der Waals surface area contributed by atoms with E-state index in [1.54, 1.807) is 42.5 Å². The molecule has 2 bridgehead atoms. The number of amides is 1. The van der Waals surface area contributed by atoms with Crippen LogP contribution in [0.1, 0.15) is 42.1 Å². The van der Waals surface area contributed by atoms with Crippen molar-refractivity contribution in [3.8, 4) is 5.75 Å². The second-order valence-electron chi connectivity index (χ2n) is 6.42. The summed E-state index contributed by atoms with van der Waals surface area (Å²) >= 11 is 6.09. The van der Waals surface area contributed by atoms with Gasteiger partial charge in [-0.15, -0.1) is 0 Å². The van der Waals surface area contributed by atoms with E-state index in [0.717, 1.165) is 25.7 Å². The van der Waals surface area contributed by atoms with E-state index in [-0.39, 0.29) is 24.0 Å². The number of hydrogen-bond acceptors (Lipinski definition) is 4. The average molecular weight is 347 g/mol. The molecule has 2 atom stereocenters. The van der Waals surface area contributed by atoms with E-state index in [1.165, 1.54) is 0 Å². The Kier molecular flexibility index (Phi) is 3.92. The number of carbonyl (C=O) groups excluding carboxylic acids is 1. The van der Waals surface area contributed by atoms with Gasteiger partial charge in [-0.1, -0.05) is 11.6 Å². The minimum atomic E-state index is 0.00808. The zero-order chi connectivity index (χ0) is 16.7. The van der Waals surface area contributed by atoms with Gasteiger partial charge in [0.05, 0.1) is 31.1 Å². The third-order valence-electron chi connectivity index (χ3n) is 5.10. The fraction of sp³-hybridized carbons (Fsp3) is 0.471. The molecule has 2 aromatic rings. The number of halogens is 1. The molecule has 1 aromatic carbocycles. The summed E-state index contributed by atoms with van der Waals surface area (Å²) in [6.45, 7) is 0. The predicted octanol–water partition coefficient (Wildman–Crippen LogP) is 2.95. The summed E-state index contributed by atoms with van der Waals surface area (Å²) in [5.74, 6) is 0.577. The van der Waals surface area contributed by atoms with Crippen molar-refractivity contribution in [3.05, 3.63) is 41.2 Å². The quantitative estimate of drug-likeness (QED) is 0.857. The standard InChI is InChI=1S/C17H19ClN4O2/c1-24-16-5-2-11(18)8-15(16)17(23)21-12-3-4-13(21)10-14(9-12)22-19-6-7-20-22/h2,5-8,12-14H,3-4,9-10H2,1H3/t12-,13-/m0/s1. The largest absolute Gasteiger partial charge is 0.496 e. The van der Waals surface area contributed by atoms with Crippen LogP contribution in [-0.4, -0.2) is 45.0 Å². The molecular formula is C17H19ClN4O2. The highest BCUT2D eigenvalue weighted by molar-refractivity contribution is 6.31. The van der Waals surface area contributed by atoms with Crippen LogP contribution >= 0.6 is 11.6 Å². The molecule has 24 heavy (non-hydrogen) atoms. The third-order valence-corrected chi connectivity index (χ3v) is 5.33. The number of hydrogen-bond donors (Lipinski definition) is 0. The van der Waals surface area contributed by atoms with Crippen molar-refractivity contribution in [1.29, 1.82) is 0 Å². The highest BCUT2D eigenvalue weighted by Crippen LogP contribution is 2.41. The van der Waals surface area contributed by atoms with Gasteiger partial charge in [0.25, 0.3) is 5.91 Å². The minimum absolute atomic E-state index is 0.00808. The van der Waals surface area contributed by atoms with Gasteiger partial charge in [0.2, 0.25) is 0 Å². The maximum absolute atomic E-state index is 13.1. The maximum atomic E-state index is 13.1. The molecule has 0 radical (unpaired) electrons. The van der Waals surface area contributed by atoms with E-state index in [9.17, 15) is 4.79 Å². The molecule has 126 valence electrons. The van der Waals surface area contributed by atoms with Gasteiger partial charge in [-0.2, -0.15) is 15.0 Å². The SMILES string of the molecule is COc1ccc(Cl)cc1C(=O)N1[C@H]2CC[C@H]1CC(n1nccn1)C2. The minimum Gasteiger partial charge on any atom is -0.496 e. The number of fused-ring (bicyclic) bond motifs is 2. The van der Waals surface area contributed by atoms with Gasteiger partial charge in [0.1, 0.15) is 5.75 Å². The molecule has 0 aliphatic carbocycles. The van der Waals surface area contributed by atoms with Crippen LogP contribution in [0, 0.1) is 0 Å². The molecule has 2 aliphatic rings. The Balaban J connectivity index is 1.60. The van der Waals surface area contributed by atoms with Gasteiger partial charge in [-0.05, 0) is 43.9 Å². The lowest BCUT2D eigenvalue weighted by molar-refractivity contribution is 0.0509. The molecule has 0 N–H and O–H groups in total. The highest BCUT2D eigenvalue weighted by atomic mass is 35.5. The molecule has 3 heterocycles. The summed E-state index contributed by atoms with van der Waals surface area (Å²) in [7, 11) is 1.57. The van der Waals surface area contributed by atoms with Gasteiger partial charge in [-0.25, -0.2) is 0 Å². The Labute approximate surface area is 145 Å². The Morgan fingerprint density at radius 1 is 1.17 bits per heavy atom. The van der Waals surface area contributed by atoms with Crippen molar-refractivity contribution in [1.82, 2.24) is 19.9 Å². The number of ether oxygens (including phenoxy) is 1. The monoisotopic (exact) mass is 346 g/mol. The summed E-state index contributed by atoms with van der Waals surface area (Å²) in [4.78, 5) is 16.9. The first-order valence-corrected chi connectivity index (χ1v) is 8.57. The van der Waals surface area contributed by atoms with Crippen molar-refractivity contribution >= 4 is 17.5 Å². The van der Waals surface area contributed by atoms with E-state index in [2.05, 4.69) is 10.2 Å². The fourth-order valence-corrected chi connectivity index (χ4v) is 4.24. The number of aromatic nitrogens is 3. The van der Waals surface area contributed by atoms with Gasteiger partial charge in [-0.3, -0.25) is 4.79 Å². The number of nitrogens with zero attached hydrogens (tertiary/aromatic N) is 4. The molecule has 0 saturated carbocycles. The molecule has 6 nitrogen and oxygen atoms in total. The van der Waals surface area contributed by atoms with Gasteiger partial charge >= 0.3 is 0 Å². The fourth-order valence-electron chi connectivity index (χ4n) is 4.07. The van der Waals surface area contributed by atoms with Crippen molar-refractivity contribution in [2.45, 2.75) is 43.8 Å². The number of benzene rings is 1. The summed E-state index contributed by atoms with van der Waals surface area (Å²) in [5, 5.41) is 9.08. The van der Waals surface area contributed by atoms with Crippen molar-refractivity contribution < 1.29 is 9.53 Å². The van der Waals surface area contributed by atoms with E-state index >= 15 is 0 Å². The highest BCUT2D eigenvalue weighted by Gasteiger charge is 2.44. The topological polar surface area (TPSA) is 60.2 Å². The van der Waals surface area contributed by atoms with Crippen LogP contribution < -0.4 is 4.74 Å². The Bertz CT molecular complexity index is 735. The zero-order valence-corrected chi connectivity index (χ0v) is 14.2. The number of piperidine rings is 1. The summed E-state index contributed by atoms with van der Waals surface area (Å²) in [6.07, 6.45) is 7.24. The molecule has 0 spiro atoms. The summed E-state index contributed by atoms with van der Waals surface area (Å²) in [6, 6.07) is 5.89. The molecule has 2 aliphatic heterocycles. The molecule has 7 heteroatoms. The van der Waals surface area contributed by atoms with Gasteiger partial charge < -0.3 is 9.64 Å². The predicted molar refractivity (Wildman–Crippen MR) is 89.3 cm³/mol. The zero-order valence-electron chi connectivity index (χ0n) is 13.4. The second kappa shape index (κ2) is 6.09. The van der Waals surface area contributed by atoms with E-state index in [1.807, 2.05) is 4.90 Å². The maximum Gasteiger partial charge on any atom is 0.258 e. The third kappa shape index (κ3) is 2.55. The molecule has 4 rings (SSSR count). The lowest BCUT2D eigenvalue weighted by atomic mass is 9.96. The van der Waals surface area contributed by atoms with Crippen molar-refractivity contribution in [2.24, 2.45) is 0 Å². The first-order valence-electron chi connectivity index (χ1n) is 8.19. The normalized spacial score (nSPS) is 25.8. The van der Waals surface area contributed by atoms with Crippen molar-refractivity contribution in [3.63, 3.8) is 0 Å². The lowest BCUT2D eigenvalue weighted by Crippen LogP contribution is -2.47. The van der Waals surface area contributed by atoms with E-state index in [4.69, 9.17) is 16.3 Å². The molecule has 2 saturated heterocycles. The Hall–Kier alpha value is -2.08. The number of rotatable bonds is 3. The van der Waals surface area contributed by atoms with Gasteiger partial charge in [0, 0.05) is 17.1 Å². The van der Waals surface area contributed by atoms with E-state index in [0.29, 0.717) is 16.3 Å². The number of carbonyl (C=O) groups is 1.